The largest absolute Gasteiger partial charge is 0.316 e. The lowest BCUT2D eigenvalue weighted by atomic mass is 9.97. The van der Waals surface area contributed by atoms with Gasteiger partial charge >= 0.3 is 0 Å². The van der Waals surface area contributed by atoms with Crippen LogP contribution in [0.3, 0.4) is 0 Å². The fourth-order valence-corrected chi connectivity index (χ4v) is 0.713. The van der Waals surface area contributed by atoms with Crippen LogP contribution in [-0.4, -0.2) is 13.1 Å². The standard InChI is InChI=1S/C9H20N/c1-5-6-7-10-8-9(2,3)4/h10H,1,5-8H2,2-4H3. The predicted octanol–water partition coefficient (Wildman–Crippen LogP) is 2.24. The molecule has 0 spiro atoms. The second-order valence-electron chi connectivity index (χ2n) is 3.94. The van der Waals surface area contributed by atoms with Crippen LogP contribution in [0.5, 0.6) is 0 Å². The SMILES string of the molecule is [CH2]CCCNCC(C)(C)C. The van der Waals surface area contributed by atoms with Crippen LogP contribution < -0.4 is 5.32 Å². The first-order valence-corrected chi connectivity index (χ1v) is 4.06. The average Bonchev–Trinajstić information content (AvgIpc) is 1.78. The van der Waals surface area contributed by atoms with Crippen molar-refractivity contribution in [2.24, 2.45) is 5.41 Å². The lowest BCUT2D eigenvalue weighted by Crippen LogP contribution is -2.27. The molecule has 0 amide bonds. The van der Waals surface area contributed by atoms with Crippen molar-refractivity contribution in [2.45, 2.75) is 33.6 Å². The summed E-state index contributed by atoms with van der Waals surface area (Å²) in [6, 6.07) is 0. The van der Waals surface area contributed by atoms with E-state index in [9.17, 15) is 0 Å². The molecule has 0 unspecified atom stereocenters. The van der Waals surface area contributed by atoms with Crippen LogP contribution in [0.15, 0.2) is 0 Å². The Bertz CT molecular complexity index is 71.3. The molecule has 0 aliphatic rings. The van der Waals surface area contributed by atoms with Crippen LogP contribution in [0.1, 0.15) is 33.6 Å². The first-order chi connectivity index (χ1) is 4.56. The molecule has 0 aromatic heterocycles. The Balaban J connectivity index is 3.04. The summed E-state index contributed by atoms with van der Waals surface area (Å²) < 4.78 is 0. The summed E-state index contributed by atoms with van der Waals surface area (Å²) in [6.07, 6.45) is 2.23. The number of hydrogen-bond acceptors (Lipinski definition) is 1. The van der Waals surface area contributed by atoms with Crippen LogP contribution in [-0.2, 0) is 0 Å². The van der Waals surface area contributed by atoms with Gasteiger partial charge in [0.05, 0.1) is 0 Å². The number of unbranched alkanes of at least 4 members (excludes halogenated alkanes) is 1. The molecule has 0 rings (SSSR count). The number of hydrogen-bond donors (Lipinski definition) is 1. The molecular formula is C9H20N. The first kappa shape index (κ1) is 9.96. The van der Waals surface area contributed by atoms with E-state index in [2.05, 4.69) is 33.0 Å². The van der Waals surface area contributed by atoms with Crippen LogP contribution in [0.25, 0.3) is 0 Å². The molecule has 0 bridgehead atoms. The minimum Gasteiger partial charge on any atom is -0.316 e. The van der Waals surface area contributed by atoms with Crippen LogP contribution in [0.2, 0.25) is 0 Å². The highest BCUT2D eigenvalue weighted by Gasteiger charge is 2.07. The lowest BCUT2D eigenvalue weighted by molar-refractivity contribution is 0.379. The molecular weight excluding hydrogens is 122 g/mol. The van der Waals surface area contributed by atoms with Crippen LogP contribution in [0.4, 0.5) is 0 Å². The van der Waals surface area contributed by atoms with E-state index in [1.54, 1.807) is 0 Å². The van der Waals surface area contributed by atoms with Crippen molar-refractivity contribution in [3.63, 3.8) is 0 Å². The molecule has 0 atom stereocenters. The molecule has 0 fully saturated rings. The Morgan fingerprint density at radius 2 is 1.90 bits per heavy atom. The highest BCUT2D eigenvalue weighted by molar-refractivity contribution is 4.64. The van der Waals surface area contributed by atoms with E-state index < -0.39 is 0 Å². The van der Waals surface area contributed by atoms with E-state index in [1.807, 2.05) is 0 Å². The van der Waals surface area contributed by atoms with E-state index >= 15 is 0 Å². The first-order valence-electron chi connectivity index (χ1n) is 4.06. The van der Waals surface area contributed by atoms with Gasteiger partial charge in [-0.1, -0.05) is 34.1 Å². The summed E-state index contributed by atoms with van der Waals surface area (Å²) in [5, 5.41) is 3.39. The number of nitrogens with one attached hydrogen (secondary N) is 1. The van der Waals surface area contributed by atoms with Gasteiger partial charge in [-0.25, -0.2) is 0 Å². The third-order valence-corrected chi connectivity index (χ3v) is 1.26. The summed E-state index contributed by atoms with van der Waals surface area (Å²) in [6.45, 7) is 12.7. The molecule has 1 N–H and O–H groups in total. The van der Waals surface area contributed by atoms with E-state index in [4.69, 9.17) is 0 Å². The van der Waals surface area contributed by atoms with Crippen molar-refractivity contribution in [1.29, 1.82) is 0 Å². The third kappa shape index (κ3) is 7.96. The molecule has 0 aromatic carbocycles. The van der Waals surface area contributed by atoms with Gasteiger partial charge in [0.2, 0.25) is 0 Å². The quantitative estimate of drug-likeness (QED) is 0.594. The molecule has 0 aromatic rings. The topological polar surface area (TPSA) is 12.0 Å². The van der Waals surface area contributed by atoms with Crippen molar-refractivity contribution >= 4 is 0 Å². The summed E-state index contributed by atoms with van der Waals surface area (Å²) in [7, 11) is 0. The Morgan fingerprint density at radius 1 is 1.30 bits per heavy atom. The van der Waals surface area contributed by atoms with Crippen LogP contribution in [0, 0.1) is 12.3 Å². The van der Waals surface area contributed by atoms with Gasteiger partial charge in [-0.2, -0.15) is 0 Å². The Kier molecular flexibility index (Phi) is 4.71. The Hall–Kier alpha value is -0.0400. The summed E-state index contributed by atoms with van der Waals surface area (Å²) in [5.41, 5.74) is 0.418. The highest BCUT2D eigenvalue weighted by Crippen LogP contribution is 2.09. The second-order valence-corrected chi connectivity index (χ2v) is 3.94. The second kappa shape index (κ2) is 4.73. The molecule has 0 aliphatic heterocycles. The van der Waals surface area contributed by atoms with Gasteiger partial charge in [-0.3, -0.25) is 0 Å². The van der Waals surface area contributed by atoms with Crippen molar-refractivity contribution in [1.82, 2.24) is 5.32 Å². The molecule has 0 saturated heterocycles. The molecule has 0 heterocycles. The van der Waals surface area contributed by atoms with Crippen LogP contribution >= 0.6 is 0 Å². The van der Waals surface area contributed by atoms with Gasteiger partial charge in [0.15, 0.2) is 0 Å². The fraction of sp³-hybridized carbons (Fsp3) is 0.889. The van der Waals surface area contributed by atoms with Crippen molar-refractivity contribution in [3.8, 4) is 0 Å². The highest BCUT2D eigenvalue weighted by atomic mass is 14.9. The minimum absolute atomic E-state index is 0.418. The third-order valence-electron chi connectivity index (χ3n) is 1.26. The Morgan fingerprint density at radius 3 is 2.30 bits per heavy atom. The molecule has 61 valence electrons. The van der Waals surface area contributed by atoms with E-state index in [0.717, 1.165) is 19.5 Å². The zero-order valence-corrected chi connectivity index (χ0v) is 7.54. The van der Waals surface area contributed by atoms with Gasteiger partial charge in [0, 0.05) is 0 Å². The lowest BCUT2D eigenvalue weighted by Gasteiger charge is -2.18. The Labute approximate surface area is 65.2 Å². The molecule has 10 heavy (non-hydrogen) atoms. The zero-order valence-electron chi connectivity index (χ0n) is 7.54. The van der Waals surface area contributed by atoms with Crippen molar-refractivity contribution < 1.29 is 0 Å². The minimum atomic E-state index is 0.418. The maximum Gasteiger partial charge on any atom is -0.0000126 e. The van der Waals surface area contributed by atoms with E-state index in [1.165, 1.54) is 6.42 Å². The van der Waals surface area contributed by atoms with Gasteiger partial charge in [-0.15, -0.1) is 0 Å². The molecule has 0 saturated carbocycles. The fourth-order valence-electron chi connectivity index (χ4n) is 0.713. The maximum absolute atomic E-state index is 3.78. The predicted molar refractivity (Wildman–Crippen MR) is 46.9 cm³/mol. The maximum atomic E-state index is 3.78. The molecule has 1 radical (unpaired) electrons. The summed E-state index contributed by atoms with van der Waals surface area (Å²) in [5.74, 6) is 0. The molecule has 0 aliphatic carbocycles. The van der Waals surface area contributed by atoms with E-state index in [0.29, 0.717) is 5.41 Å². The zero-order chi connectivity index (χ0) is 8.04. The van der Waals surface area contributed by atoms with Gasteiger partial charge in [-0.05, 0) is 24.9 Å². The average molecular weight is 142 g/mol. The normalized spacial score (nSPS) is 12.0. The van der Waals surface area contributed by atoms with Gasteiger partial charge < -0.3 is 5.32 Å². The summed E-state index contributed by atoms with van der Waals surface area (Å²) in [4.78, 5) is 0. The molecule has 1 nitrogen and oxygen atoms in total. The van der Waals surface area contributed by atoms with Crippen molar-refractivity contribution in [2.75, 3.05) is 13.1 Å². The smallest absolute Gasteiger partial charge is 0.0000126 e. The van der Waals surface area contributed by atoms with Gasteiger partial charge in [0.25, 0.3) is 0 Å². The summed E-state index contributed by atoms with van der Waals surface area (Å²) >= 11 is 0. The van der Waals surface area contributed by atoms with Gasteiger partial charge in [0.1, 0.15) is 0 Å². The monoisotopic (exact) mass is 142 g/mol. The van der Waals surface area contributed by atoms with Crippen molar-refractivity contribution in [3.05, 3.63) is 6.92 Å². The number of rotatable bonds is 4. The van der Waals surface area contributed by atoms with E-state index in [-0.39, 0.29) is 0 Å². The molecule has 1 heteroatoms.